The molecule has 0 aliphatic carbocycles. The summed E-state index contributed by atoms with van der Waals surface area (Å²) in [6.07, 6.45) is 0.607. The van der Waals surface area contributed by atoms with E-state index in [2.05, 4.69) is 6.07 Å². The van der Waals surface area contributed by atoms with Gasteiger partial charge in [-0.05, 0) is 65.4 Å². The fourth-order valence-electron chi connectivity index (χ4n) is 3.36. The van der Waals surface area contributed by atoms with Gasteiger partial charge in [0, 0.05) is 16.0 Å². The molecule has 4 aromatic rings. The van der Waals surface area contributed by atoms with Crippen molar-refractivity contribution < 1.29 is 18.3 Å². The molecule has 0 spiro atoms. The summed E-state index contributed by atoms with van der Waals surface area (Å²) in [4.78, 5) is 13.2. The van der Waals surface area contributed by atoms with Gasteiger partial charge in [-0.2, -0.15) is 0 Å². The normalized spacial score (nSPS) is 11.1. The maximum atomic E-state index is 14.2. The molecule has 0 saturated carbocycles. The van der Waals surface area contributed by atoms with Crippen LogP contribution in [0.5, 0.6) is 0 Å². The second-order valence-corrected chi connectivity index (χ2v) is 8.35. The molecule has 6 heteroatoms. The Hall–Kier alpha value is -2.76. The Balaban J connectivity index is 1.74. The predicted molar refractivity (Wildman–Crippen MR) is 117 cm³/mol. The van der Waals surface area contributed by atoms with Crippen molar-refractivity contribution in [3.05, 3.63) is 93.3 Å². The quantitative estimate of drug-likeness (QED) is 0.304. The van der Waals surface area contributed by atoms with E-state index in [0.717, 1.165) is 26.1 Å². The topological polar surface area (TPSA) is 26.3 Å². The smallest absolute Gasteiger partial charge is 0.338 e. The molecule has 0 N–H and O–H groups in total. The third-order valence-electron chi connectivity index (χ3n) is 4.68. The number of carbonyl (C=O) groups excluding carboxylic acids is 1. The minimum atomic E-state index is -0.550. The van der Waals surface area contributed by atoms with Gasteiger partial charge in [-0.15, -0.1) is 11.3 Å². The van der Waals surface area contributed by atoms with Gasteiger partial charge in [0.15, 0.2) is 0 Å². The zero-order valence-corrected chi connectivity index (χ0v) is 17.6. The Kier molecular flexibility index (Phi) is 5.84. The van der Waals surface area contributed by atoms with Crippen molar-refractivity contribution in [1.29, 1.82) is 0 Å². The summed E-state index contributed by atoms with van der Waals surface area (Å²) in [5.74, 6) is -1.49. The van der Waals surface area contributed by atoms with Gasteiger partial charge in [0.1, 0.15) is 11.6 Å². The zero-order valence-electron chi connectivity index (χ0n) is 16.0. The number of thiophene rings is 1. The minimum Gasteiger partial charge on any atom is -0.462 e. The fourth-order valence-corrected chi connectivity index (χ4v) is 4.79. The number of rotatable bonds is 5. The summed E-state index contributed by atoms with van der Waals surface area (Å²) in [6, 6.07) is 16.8. The molecule has 0 amide bonds. The molecular weight excluding hydrogens is 426 g/mol. The van der Waals surface area contributed by atoms with Crippen molar-refractivity contribution in [1.82, 2.24) is 0 Å². The number of ether oxygens (including phenoxy) is 1. The van der Waals surface area contributed by atoms with Crippen LogP contribution in [0.1, 0.15) is 27.7 Å². The lowest BCUT2D eigenvalue weighted by molar-refractivity contribution is 0.0526. The van der Waals surface area contributed by atoms with Gasteiger partial charge in [0.05, 0.1) is 17.2 Å². The second-order valence-electron chi connectivity index (χ2n) is 6.81. The minimum absolute atomic E-state index is 0.0977. The summed E-state index contributed by atoms with van der Waals surface area (Å²) in [5.41, 5.74) is 2.54. The van der Waals surface area contributed by atoms with E-state index < -0.39 is 17.6 Å². The van der Waals surface area contributed by atoms with E-state index in [1.807, 2.05) is 18.2 Å². The predicted octanol–water partition coefficient (Wildman–Crippen LogP) is 7.27. The molecule has 4 rings (SSSR count). The average Bonchev–Trinajstić information content (AvgIpc) is 3.13. The van der Waals surface area contributed by atoms with E-state index in [0.29, 0.717) is 12.0 Å². The van der Waals surface area contributed by atoms with Crippen LogP contribution in [0.15, 0.2) is 60.7 Å². The Bertz CT molecular complexity index is 1250. The maximum Gasteiger partial charge on any atom is 0.338 e. The highest BCUT2D eigenvalue weighted by Gasteiger charge is 2.14. The van der Waals surface area contributed by atoms with Crippen LogP contribution in [0, 0.1) is 11.6 Å². The first-order valence-electron chi connectivity index (χ1n) is 9.38. The monoisotopic (exact) mass is 442 g/mol. The lowest BCUT2D eigenvalue weighted by Gasteiger charge is -2.07. The molecule has 0 bridgehead atoms. The maximum absolute atomic E-state index is 14.2. The molecule has 0 fully saturated rings. The van der Waals surface area contributed by atoms with Crippen LogP contribution in [0.2, 0.25) is 5.02 Å². The molecule has 0 atom stereocenters. The number of hydrogen-bond acceptors (Lipinski definition) is 3. The first-order chi connectivity index (χ1) is 14.4. The molecule has 0 aliphatic rings. The van der Waals surface area contributed by atoms with Crippen molar-refractivity contribution in [2.75, 3.05) is 6.61 Å². The molecule has 1 aromatic heterocycles. The summed E-state index contributed by atoms with van der Waals surface area (Å²) in [5, 5.41) is 1.11. The summed E-state index contributed by atoms with van der Waals surface area (Å²) in [6.45, 7) is 1.93. The number of carbonyl (C=O) groups is 1. The highest BCUT2D eigenvalue weighted by molar-refractivity contribution is 7.19. The SMILES string of the molecule is CCOC(=O)c1cc(F)cc(-c2cccc3cc(Cc4ccc(F)c(Cl)c4)sc23)c1. The van der Waals surface area contributed by atoms with Crippen molar-refractivity contribution in [2.45, 2.75) is 13.3 Å². The number of halogens is 3. The van der Waals surface area contributed by atoms with Gasteiger partial charge in [-0.1, -0.05) is 35.9 Å². The number of benzene rings is 3. The number of hydrogen-bond donors (Lipinski definition) is 0. The van der Waals surface area contributed by atoms with Gasteiger partial charge in [0.2, 0.25) is 0 Å². The van der Waals surface area contributed by atoms with Gasteiger partial charge in [-0.25, -0.2) is 13.6 Å². The zero-order chi connectivity index (χ0) is 21.3. The second kappa shape index (κ2) is 8.54. The molecule has 0 unspecified atom stereocenters. The molecule has 152 valence electrons. The van der Waals surface area contributed by atoms with E-state index in [4.69, 9.17) is 16.3 Å². The third kappa shape index (κ3) is 4.23. The molecule has 30 heavy (non-hydrogen) atoms. The van der Waals surface area contributed by atoms with E-state index in [9.17, 15) is 13.6 Å². The van der Waals surface area contributed by atoms with E-state index in [1.165, 1.54) is 18.2 Å². The van der Waals surface area contributed by atoms with E-state index >= 15 is 0 Å². The average molecular weight is 443 g/mol. The molecule has 0 radical (unpaired) electrons. The van der Waals surface area contributed by atoms with Crippen molar-refractivity contribution >= 4 is 39.0 Å². The lowest BCUT2D eigenvalue weighted by Crippen LogP contribution is -2.05. The standard InChI is InChI=1S/C24H17ClF2O2S/c1-2-29-24(28)17-10-16(11-18(26)12-17)20-5-3-4-15-13-19(30-23(15)20)8-14-6-7-22(27)21(25)9-14/h3-7,9-13H,2,8H2,1H3. The molecule has 0 saturated heterocycles. The van der Waals surface area contributed by atoms with Crippen molar-refractivity contribution in [3.63, 3.8) is 0 Å². The van der Waals surface area contributed by atoms with Crippen LogP contribution >= 0.6 is 22.9 Å². The van der Waals surface area contributed by atoms with Gasteiger partial charge >= 0.3 is 5.97 Å². The Labute approximate surface area is 181 Å². The number of esters is 1. The third-order valence-corrected chi connectivity index (χ3v) is 6.15. The van der Waals surface area contributed by atoms with E-state index in [1.54, 1.807) is 36.5 Å². The van der Waals surface area contributed by atoms with Crippen LogP contribution in [0.25, 0.3) is 21.2 Å². The van der Waals surface area contributed by atoms with Crippen LogP contribution in [-0.2, 0) is 11.2 Å². The highest BCUT2D eigenvalue weighted by Crippen LogP contribution is 2.36. The van der Waals surface area contributed by atoms with Crippen molar-refractivity contribution in [3.8, 4) is 11.1 Å². The Morgan fingerprint density at radius 2 is 1.90 bits per heavy atom. The molecular formula is C24H17ClF2O2S. The molecule has 1 heterocycles. The van der Waals surface area contributed by atoms with Gasteiger partial charge in [-0.3, -0.25) is 0 Å². The summed E-state index contributed by atoms with van der Waals surface area (Å²) in [7, 11) is 0. The Morgan fingerprint density at radius 1 is 1.07 bits per heavy atom. The van der Waals surface area contributed by atoms with Crippen LogP contribution in [0.4, 0.5) is 8.78 Å². The van der Waals surface area contributed by atoms with E-state index in [-0.39, 0.29) is 17.2 Å². The fraction of sp³-hybridized carbons (Fsp3) is 0.125. The first-order valence-corrected chi connectivity index (χ1v) is 10.6. The van der Waals surface area contributed by atoms with Gasteiger partial charge < -0.3 is 4.74 Å². The van der Waals surface area contributed by atoms with Crippen LogP contribution < -0.4 is 0 Å². The molecule has 0 aliphatic heterocycles. The molecule has 2 nitrogen and oxygen atoms in total. The van der Waals surface area contributed by atoms with Crippen LogP contribution in [0.3, 0.4) is 0 Å². The Morgan fingerprint density at radius 3 is 2.67 bits per heavy atom. The number of fused-ring (bicyclic) bond motifs is 1. The summed E-state index contributed by atoms with van der Waals surface area (Å²) >= 11 is 7.48. The van der Waals surface area contributed by atoms with Crippen LogP contribution in [-0.4, -0.2) is 12.6 Å². The highest BCUT2D eigenvalue weighted by atomic mass is 35.5. The summed E-state index contributed by atoms with van der Waals surface area (Å²) < 4.78 is 33.6. The van der Waals surface area contributed by atoms with Crippen molar-refractivity contribution in [2.24, 2.45) is 0 Å². The lowest BCUT2D eigenvalue weighted by atomic mass is 10.0. The largest absolute Gasteiger partial charge is 0.462 e. The van der Waals surface area contributed by atoms with Gasteiger partial charge in [0.25, 0.3) is 0 Å². The first kappa shape index (κ1) is 20.5. The molecule has 3 aromatic carbocycles.